The lowest BCUT2D eigenvalue weighted by Gasteiger charge is -2.09. The van der Waals surface area contributed by atoms with Crippen molar-refractivity contribution in [3.05, 3.63) is 63.7 Å². The van der Waals surface area contributed by atoms with E-state index in [0.29, 0.717) is 5.75 Å². The van der Waals surface area contributed by atoms with Crippen LogP contribution in [0.15, 0.2) is 48.5 Å². The highest BCUT2D eigenvalue weighted by molar-refractivity contribution is 6.32. The number of urea groups is 1. The Bertz CT molecular complexity index is 679. The fourth-order valence-corrected chi connectivity index (χ4v) is 1.79. The number of hydrogen-bond acceptors (Lipinski definition) is 4. The van der Waals surface area contributed by atoms with Gasteiger partial charge in [0.2, 0.25) is 0 Å². The van der Waals surface area contributed by atoms with Gasteiger partial charge in [0.05, 0.1) is 4.92 Å². The topological polar surface area (TPSA) is 93.5 Å². The second kappa shape index (κ2) is 7.28. The number of hydrogen-bond donors (Lipinski definition) is 2. The number of anilines is 1. The SMILES string of the molecule is O=C(NCOc1ccccc1)Nc1ccc(Cl)c([N+](=O)[O-])c1. The normalized spacial score (nSPS) is 9.86. The quantitative estimate of drug-likeness (QED) is 0.501. The Hall–Kier alpha value is -2.80. The van der Waals surface area contributed by atoms with E-state index >= 15 is 0 Å². The molecule has 0 unspecified atom stereocenters. The molecule has 0 heterocycles. The lowest BCUT2D eigenvalue weighted by atomic mass is 10.3. The summed E-state index contributed by atoms with van der Waals surface area (Å²) in [4.78, 5) is 21.8. The first-order chi connectivity index (χ1) is 10.6. The number of carbonyl (C=O) groups is 1. The standard InChI is InChI=1S/C14H12ClN3O4/c15-12-7-6-10(8-13(12)18(20)21)17-14(19)16-9-22-11-4-2-1-3-5-11/h1-8H,9H2,(H2,16,17,19). The Balaban J connectivity index is 1.87. The lowest BCUT2D eigenvalue weighted by Crippen LogP contribution is -2.32. The van der Waals surface area contributed by atoms with Crippen molar-refractivity contribution in [3.8, 4) is 5.75 Å². The fourth-order valence-electron chi connectivity index (χ4n) is 1.61. The van der Waals surface area contributed by atoms with Gasteiger partial charge >= 0.3 is 6.03 Å². The Morgan fingerprint density at radius 1 is 1.23 bits per heavy atom. The molecule has 0 saturated carbocycles. The predicted octanol–water partition coefficient (Wildman–Crippen LogP) is 3.41. The van der Waals surface area contributed by atoms with Crippen LogP contribution in [0.1, 0.15) is 0 Å². The zero-order valence-electron chi connectivity index (χ0n) is 11.3. The Kier molecular flexibility index (Phi) is 5.16. The van der Waals surface area contributed by atoms with E-state index in [2.05, 4.69) is 10.6 Å². The molecule has 2 rings (SSSR count). The summed E-state index contributed by atoms with van der Waals surface area (Å²) in [6.07, 6.45) is 0. The molecule has 7 nitrogen and oxygen atoms in total. The molecule has 0 fully saturated rings. The molecule has 8 heteroatoms. The molecule has 0 aromatic heterocycles. The molecule has 114 valence electrons. The molecule has 0 aliphatic rings. The number of ether oxygens (including phenoxy) is 1. The number of halogens is 1. The number of nitro groups is 1. The van der Waals surface area contributed by atoms with Crippen molar-refractivity contribution in [1.29, 1.82) is 0 Å². The van der Waals surface area contributed by atoms with Crippen LogP contribution in [0.5, 0.6) is 5.75 Å². The minimum absolute atomic E-state index is 0.00312. The summed E-state index contributed by atoms with van der Waals surface area (Å²) in [5, 5.41) is 15.7. The number of nitrogens with zero attached hydrogens (tertiary/aromatic N) is 1. The van der Waals surface area contributed by atoms with Gasteiger partial charge in [-0.3, -0.25) is 10.1 Å². The van der Waals surface area contributed by atoms with E-state index in [1.807, 2.05) is 18.2 Å². The van der Waals surface area contributed by atoms with Crippen LogP contribution in [-0.2, 0) is 0 Å². The van der Waals surface area contributed by atoms with E-state index in [0.717, 1.165) is 0 Å². The maximum absolute atomic E-state index is 11.7. The summed E-state index contributed by atoms with van der Waals surface area (Å²) >= 11 is 5.69. The zero-order chi connectivity index (χ0) is 15.9. The summed E-state index contributed by atoms with van der Waals surface area (Å²) in [6.45, 7) is -0.0362. The van der Waals surface area contributed by atoms with Gasteiger partial charge in [0, 0.05) is 11.8 Å². The number of benzene rings is 2. The molecule has 0 bridgehead atoms. The molecule has 0 radical (unpaired) electrons. The van der Waals surface area contributed by atoms with E-state index < -0.39 is 11.0 Å². The van der Waals surface area contributed by atoms with Crippen LogP contribution in [0.4, 0.5) is 16.2 Å². The van der Waals surface area contributed by atoms with Crippen molar-refractivity contribution in [2.75, 3.05) is 12.0 Å². The number of nitrogens with one attached hydrogen (secondary N) is 2. The van der Waals surface area contributed by atoms with Crippen LogP contribution in [0.3, 0.4) is 0 Å². The zero-order valence-corrected chi connectivity index (χ0v) is 12.0. The third-order valence-electron chi connectivity index (χ3n) is 2.62. The minimum Gasteiger partial charge on any atom is -0.473 e. The molecule has 0 aliphatic heterocycles. The maximum Gasteiger partial charge on any atom is 0.321 e. The molecule has 2 aromatic rings. The number of carbonyl (C=O) groups excluding carboxylic acids is 1. The van der Waals surface area contributed by atoms with E-state index in [-0.39, 0.29) is 23.1 Å². The molecule has 22 heavy (non-hydrogen) atoms. The summed E-state index contributed by atoms with van der Waals surface area (Å²) in [6, 6.07) is 12.4. The first-order valence-electron chi connectivity index (χ1n) is 6.23. The smallest absolute Gasteiger partial charge is 0.321 e. The molecule has 0 spiro atoms. The van der Waals surface area contributed by atoms with E-state index in [9.17, 15) is 14.9 Å². The molecule has 0 aliphatic carbocycles. The number of nitro benzene ring substituents is 1. The number of para-hydroxylation sites is 1. The van der Waals surface area contributed by atoms with Crippen molar-refractivity contribution < 1.29 is 14.5 Å². The Morgan fingerprint density at radius 2 is 1.95 bits per heavy atom. The van der Waals surface area contributed by atoms with Crippen molar-refractivity contribution in [3.63, 3.8) is 0 Å². The largest absolute Gasteiger partial charge is 0.473 e. The third-order valence-corrected chi connectivity index (χ3v) is 2.94. The van der Waals surface area contributed by atoms with Gasteiger partial charge in [0.15, 0.2) is 6.73 Å². The van der Waals surface area contributed by atoms with Crippen LogP contribution in [-0.4, -0.2) is 17.7 Å². The average molecular weight is 322 g/mol. The van der Waals surface area contributed by atoms with Crippen molar-refractivity contribution >= 4 is 29.0 Å². The fraction of sp³-hybridized carbons (Fsp3) is 0.0714. The average Bonchev–Trinajstić information content (AvgIpc) is 2.50. The van der Waals surface area contributed by atoms with Gasteiger partial charge in [-0.25, -0.2) is 4.79 Å². The highest BCUT2D eigenvalue weighted by Crippen LogP contribution is 2.27. The summed E-state index contributed by atoms with van der Waals surface area (Å²) in [5.41, 5.74) is -0.0201. The van der Waals surface area contributed by atoms with Crippen LogP contribution in [0.25, 0.3) is 0 Å². The summed E-state index contributed by atoms with van der Waals surface area (Å²) in [5.74, 6) is 0.616. The highest BCUT2D eigenvalue weighted by atomic mass is 35.5. The molecular formula is C14H12ClN3O4. The monoisotopic (exact) mass is 321 g/mol. The maximum atomic E-state index is 11.7. The third kappa shape index (κ3) is 4.35. The van der Waals surface area contributed by atoms with Crippen molar-refractivity contribution in [2.45, 2.75) is 0 Å². The van der Waals surface area contributed by atoms with Crippen LogP contribution < -0.4 is 15.4 Å². The summed E-state index contributed by atoms with van der Waals surface area (Å²) < 4.78 is 5.29. The second-order valence-corrected chi connectivity index (χ2v) is 4.56. The van der Waals surface area contributed by atoms with Gasteiger partial charge in [-0.1, -0.05) is 29.8 Å². The van der Waals surface area contributed by atoms with Gasteiger partial charge in [-0.05, 0) is 24.3 Å². The molecule has 0 saturated heterocycles. The number of amides is 2. The Morgan fingerprint density at radius 3 is 2.64 bits per heavy atom. The van der Waals surface area contributed by atoms with E-state index in [4.69, 9.17) is 16.3 Å². The van der Waals surface area contributed by atoms with Gasteiger partial charge in [0.1, 0.15) is 10.8 Å². The molecular weight excluding hydrogens is 310 g/mol. The van der Waals surface area contributed by atoms with Crippen LogP contribution in [0.2, 0.25) is 5.02 Å². The summed E-state index contributed by atoms with van der Waals surface area (Å²) in [7, 11) is 0. The van der Waals surface area contributed by atoms with Crippen LogP contribution in [0, 0.1) is 10.1 Å². The molecule has 2 amide bonds. The first kappa shape index (κ1) is 15.6. The van der Waals surface area contributed by atoms with Crippen LogP contribution >= 0.6 is 11.6 Å². The molecule has 2 N–H and O–H groups in total. The molecule has 0 atom stereocenters. The van der Waals surface area contributed by atoms with Gasteiger partial charge in [-0.2, -0.15) is 0 Å². The number of rotatable bonds is 5. The van der Waals surface area contributed by atoms with E-state index in [1.165, 1.54) is 18.2 Å². The van der Waals surface area contributed by atoms with Gasteiger partial charge < -0.3 is 15.4 Å². The minimum atomic E-state index is -0.621. The van der Waals surface area contributed by atoms with Gasteiger partial charge in [0.25, 0.3) is 5.69 Å². The predicted molar refractivity (Wildman–Crippen MR) is 82.2 cm³/mol. The second-order valence-electron chi connectivity index (χ2n) is 4.16. The molecule has 2 aromatic carbocycles. The van der Waals surface area contributed by atoms with Gasteiger partial charge in [-0.15, -0.1) is 0 Å². The Labute approximate surface area is 131 Å². The van der Waals surface area contributed by atoms with Crippen molar-refractivity contribution in [2.24, 2.45) is 0 Å². The highest BCUT2D eigenvalue weighted by Gasteiger charge is 2.13. The first-order valence-corrected chi connectivity index (χ1v) is 6.60. The van der Waals surface area contributed by atoms with Crippen molar-refractivity contribution in [1.82, 2.24) is 5.32 Å². The van der Waals surface area contributed by atoms with E-state index in [1.54, 1.807) is 12.1 Å². The lowest BCUT2D eigenvalue weighted by molar-refractivity contribution is -0.384.